The average molecular weight is 473 g/mol. The number of anilines is 1. The largest absolute Gasteiger partial charge is 0.481 e. The minimum absolute atomic E-state index is 0.0654. The molecule has 2 heterocycles. The summed E-state index contributed by atoms with van der Waals surface area (Å²) in [5, 5.41) is 5.52. The van der Waals surface area contributed by atoms with Gasteiger partial charge in [-0.2, -0.15) is 0 Å². The van der Waals surface area contributed by atoms with Gasteiger partial charge in [-0.25, -0.2) is 9.97 Å². The van der Waals surface area contributed by atoms with Gasteiger partial charge >= 0.3 is 0 Å². The van der Waals surface area contributed by atoms with Crippen LogP contribution in [0.2, 0.25) is 0 Å². The number of hydrogen-bond donors (Lipinski definition) is 1. The number of ether oxygens (including phenoxy) is 1. The molecule has 0 fully saturated rings. The molecule has 2 aromatic heterocycles. The van der Waals surface area contributed by atoms with Crippen LogP contribution in [0.1, 0.15) is 35.9 Å². The van der Waals surface area contributed by atoms with Gasteiger partial charge in [-0.05, 0) is 29.7 Å². The third-order valence-corrected chi connectivity index (χ3v) is 5.96. The highest BCUT2D eigenvalue weighted by Gasteiger charge is 2.17. The normalized spacial score (nSPS) is 10.9. The van der Waals surface area contributed by atoms with Crippen molar-refractivity contribution in [2.24, 2.45) is 0 Å². The van der Waals surface area contributed by atoms with Gasteiger partial charge in [0.25, 0.3) is 5.91 Å². The highest BCUT2D eigenvalue weighted by Crippen LogP contribution is 2.31. The number of rotatable bonds is 6. The number of carbonyl (C=O) groups is 1. The van der Waals surface area contributed by atoms with Crippen LogP contribution in [-0.2, 0) is 0 Å². The predicted molar refractivity (Wildman–Crippen MR) is 143 cm³/mol. The van der Waals surface area contributed by atoms with Gasteiger partial charge < -0.3 is 10.1 Å². The quantitative estimate of drug-likeness (QED) is 0.296. The second kappa shape index (κ2) is 9.85. The van der Waals surface area contributed by atoms with E-state index in [4.69, 9.17) is 16.1 Å². The average Bonchev–Trinajstić information content (AvgIpc) is 2.91. The van der Waals surface area contributed by atoms with Crippen molar-refractivity contribution >= 4 is 33.3 Å². The van der Waals surface area contributed by atoms with Crippen LogP contribution < -0.4 is 10.1 Å². The maximum atomic E-state index is 13.3. The lowest BCUT2D eigenvalue weighted by Gasteiger charge is -2.12. The van der Waals surface area contributed by atoms with E-state index in [2.05, 4.69) is 47.2 Å². The van der Waals surface area contributed by atoms with E-state index in [1.54, 1.807) is 18.5 Å². The molecule has 0 spiro atoms. The molecule has 0 atom stereocenters. The van der Waals surface area contributed by atoms with Crippen LogP contribution in [0, 0.1) is 12.3 Å². The number of carbonyl (C=O) groups excluding carboxylic acids is 1. The Morgan fingerprint density at radius 2 is 1.81 bits per heavy atom. The van der Waals surface area contributed by atoms with E-state index in [9.17, 15) is 4.79 Å². The fraction of sp³-hybridized carbons (Fsp3) is 0.133. The molecule has 0 radical (unpaired) electrons. The summed E-state index contributed by atoms with van der Waals surface area (Å²) in [4.78, 5) is 26.8. The summed E-state index contributed by atoms with van der Waals surface area (Å²) in [7, 11) is 0. The Bertz CT molecular complexity index is 1610. The molecule has 1 amide bonds. The smallest absolute Gasteiger partial charge is 0.293 e. The van der Waals surface area contributed by atoms with Crippen LogP contribution in [0.3, 0.4) is 0 Å². The topological polar surface area (TPSA) is 77.0 Å². The van der Waals surface area contributed by atoms with Crippen LogP contribution in [0.4, 0.5) is 5.69 Å². The molecule has 36 heavy (non-hydrogen) atoms. The van der Waals surface area contributed by atoms with Crippen molar-refractivity contribution in [3.63, 3.8) is 0 Å². The van der Waals surface area contributed by atoms with Gasteiger partial charge in [-0.3, -0.25) is 9.78 Å². The molecular formula is C30H24N4O2. The molecule has 6 nitrogen and oxygen atoms in total. The van der Waals surface area contributed by atoms with Gasteiger partial charge in [0, 0.05) is 27.9 Å². The summed E-state index contributed by atoms with van der Waals surface area (Å²) in [6, 6.07) is 21.4. The fourth-order valence-electron chi connectivity index (χ4n) is 4.06. The monoisotopic (exact) mass is 472 g/mol. The summed E-state index contributed by atoms with van der Waals surface area (Å²) in [5.41, 5.74) is 3.96. The van der Waals surface area contributed by atoms with Crippen molar-refractivity contribution in [2.75, 3.05) is 11.9 Å². The molecule has 5 aromatic rings. The number of fused-ring (bicyclic) bond motifs is 2. The summed E-state index contributed by atoms with van der Waals surface area (Å²) >= 11 is 0. The lowest BCUT2D eigenvalue weighted by Crippen LogP contribution is -2.16. The minimum atomic E-state index is -0.414. The Balaban J connectivity index is 1.60. The number of nitrogens with zero attached hydrogens (tertiary/aromatic N) is 3. The van der Waals surface area contributed by atoms with E-state index in [-0.39, 0.29) is 12.4 Å². The van der Waals surface area contributed by atoms with Gasteiger partial charge in [0.05, 0.1) is 23.1 Å². The van der Waals surface area contributed by atoms with Crippen LogP contribution >= 0.6 is 0 Å². The highest BCUT2D eigenvalue weighted by atomic mass is 16.5. The standard InChI is InChI=1S/C30H24N4O2/c1-4-15-36-23-13-14-26-25(16-23)28(21-11-9-20(10-12-21)19(2)3)34-29(32-26)30(35)33-27-18-31-17-22-7-5-6-8-24(22)27/h1,5-14,16-19H,15H2,2-3H3,(H,33,35). The third kappa shape index (κ3) is 4.59. The number of hydrogen-bond acceptors (Lipinski definition) is 5. The Morgan fingerprint density at radius 1 is 1.00 bits per heavy atom. The molecule has 0 saturated heterocycles. The Morgan fingerprint density at radius 3 is 2.58 bits per heavy atom. The first-order valence-electron chi connectivity index (χ1n) is 11.7. The Hall–Kier alpha value is -4.76. The summed E-state index contributed by atoms with van der Waals surface area (Å²) in [6.45, 7) is 4.45. The Labute approximate surface area is 209 Å². The maximum absolute atomic E-state index is 13.3. The van der Waals surface area contributed by atoms with Crippen molar-refractivity contribution in [3.05, 3.63) is 90.5 Å². The molecule has 1 N–H and O–H groups in total. The van der Waals surface area contributed by atoms with Crippen molar-refractivity contribution < 1.29 is 9.53 Å². The molecule has 0 bridgehead atoms. The molecule has 0 unspecified atom stereocenters. The first-order valence-corrected chi connectivity index (χ1v) is 11.7. The zero-order valence-corrected chi connectivity index (χ0v) is 20.0. The summed E-state index contributed by atoms with van der Waals surface area (Å²) in [6.07, 6.45) is 8.74. The lowest BCUT2D eigenvalue weighted by molar-refractivity contribution is 0.101. The third-order valence-electron chi connectivity index (χ3n) is 5.96. The second-order valence-electron chi connectivity index (χ2n) is 8.71. The molecule has 5 rings (SSSR count). The first-order chi connectivity index (χ1) is 17.5. The lowest BCUT2D eigenvalue weighted by atomic mass is 9.99. The number of benzene rings is 3. The maximum Gasteiger partial charge on any atom is 0.293 e. The van der Waals surface area contributed by atoms with Gasteiger partial charge in [-0.1, -0.05) is 68.3 Å². The van der Waals surface area contributed by atoms with Crippen LogP contribution in [0.15, 0.2) is 79.1 Å². The van der Waals surface area contributed by atoms with Gasteiger partial charge in [0.2, 0.25) is 5.82 Å². The van der Waals surface area contributed by atoms with Crippen LogP contribution in [-0.4, -0.2) is 27.5 Å². The van der Waals surface area contributed by atoms with Crippen molar-refractivity contribution in [2.45, 2.75) is 19.8 Å². The molecule has 3 aromatic carbocycles. The first kappa shape index (κ1) is 23.0. The zero-order valence-electron chi connectivity index (χ0n) is 20.0. The molecule has 0 aliphatic carbocycles. The number of terminal acetylenes is 1. The number of amides is 1. The summed E-state index contributed by atoms with van der Waals surface area (Å²) in [5.74, 6) is 3.14. The number of nitrogens with one attached hydrogen (secondary N) is 1. The van der Waals surface area contributed by atoms with Crippen LogP contribution in [0.5, 0.6) is 5.75 Å². The summed E-state index contributed by atoms with van der Waals surface area (Å²) < 4.78 is 5.62. The fourth-order valence-corrected chi connectivity index (χ4v) is 4.06. The van der Waals surface area contributed by atoms with E-state index in [0.29, 0.717) is 28.6 Å². The van der Waals surface area contributed by atoms with Crippen molar-refractivity contribution in [1.29, 1.82) is 0 Å². The van der Waals surface area contributed by atoms with E-state index in [0.717, 1.165) is 21.7 Å². The predicted octanol–water partition coefficient (Wildman–Crippen LogP) is 6.23. The van der Waals surface area contributed by atoms with E-state index < -0.39 is 5.91 Å². The second-order valence-corrected chi connectivity index (χ2v) is 8.71. The molecule has 6 heteroatoms. The van der Waals surface area contributed by atoms with E-state index in [1.807, 2.05) is 48.5 Å². The van der Waals surface area contributed by atoms with Gasteiger partial charge in [0.15, 0.2) is 0 Å². The number of pyridine rings is 1. The van der Waals surface area contributed by atoms with Gasteiger partial charge in [0.1, 0.15) is 12.4 Å². The molecule has 0 aliphatic rings. The van der Waals surface area contributed by atoms with E-state index in [1.165, 1.54) is 5.56 Å². The number of aromatic nitrogens is 3. The molecular weight excluding hydrogens is 448 g/mol. The van der Waals surface area contributed by atoms with E-state index >= 15 is 0 Å². The van der Waals surface area contributed by atoms with Crippen LogP contribution in [0.25, 0.3) is 32.9 Å². The van der Waals surface area contributed by atoms with Crippen molar-refractivity contribution in [3.8, 4) is 29.4 Å². The SMILES string of the molecule is C#CCOc1ccc2nc(C(=O)Nc3cncc4ccccc34)nc(-c3ccc(C(C)C)cc3)c2c1. The zero-order chi connectivity index (χ0) is 25.1. The minimum Gasteiger partial charge on any atom is -0.481 e. The van der Waals surface area contributed by atoms with Crippen molar-refractivity contribution in [1.82, 2.24) is 15.0 Å². The molecule has 0 aliphatic heterocycles. The van der Waals surface area contributed by atoms with Gasteiger partial charge in [-0.15, -0.1) is 6.42 Å². The molecule has 176 valence electrons. The molecule has 0 saturated carbocycles. The Kier molecular flexibility index (Phi) is 6.29. The highest BCUT2D eigenvalue weighted by molar-refractivity contribution is 6.08.